The van der Waals surface area contributed by atoms with E-state index in [4.69, 9.17) is 23.8 Å². The molecule has 0 aliphatic rings. The smallest absolute Gasteiger partial charge is 0.164 e. The van der Waals surface area contributed by atoms with E-state index in [1.165, 1.54) is 21.9 Å². The Labute approximate surface area is 396 Å². The fourth-order valence-corrected chi connectivity index (χ4v) is 10.1. The van der Waals surface area contributed by atoms with Gasteiger partial charge in [-0.1, -0.05) is 164 Å². The lowest BCUT2D eigenvalue weighted by Crippen LogP contribution is -2.00. The summed E-state index contributed by atoms with van der Waals surface area (Å²) in [5.74, 6) is 1.67. The molecule has 0 spiro atoms. The van der Waals surface area contributed by atoms with Crippen LogP contribution >= 0.6 is 0 Å². The molecule has 6 nitrogen and oxygen atoms in total. The number of para-hydroxylation sites is 2. The minimum absolute atomic E-state index is 0.549. The third-order valence-electron chi connectivity index (χ3n) is 13.5. The van der Waals surface area contributed by atoms with Crippen molar-refractivity contribution in [1.82, 2.24) is 19.5 Å². The van der Waals surface area contributed by atoms with E-state index in [2.05, 4.69) is 193 Å². The lowest BCUT2D eigenvalue weighted by Gasteiger charge is -2.10. The van der Waals surface area contributed by atoms with Crippen LogP contribution in [0.15, 0.2) is 239 Å². The fraction of sp³-hybridized carbons (Fsp3) is 0. The van der Waals surface area contributed by atoms with Crippen molar-refractivity contribution in [2.24, 2.45) is 0 Å². The fourth-order valence-electron chi connectivity index (χ4n) is 10.1. The Hall–Kier alpha value is -9.39. The van der Waals surface area contributed by atoms with Crippen molar-refractivity contribution in [3.63, 3.8) is 0 Å². The van der Waals surface area contributed by atoms with E-state index in [0.717, 1.165) is 99.5 Å². The second-order valence-electron chi connectivity index (χ2n) is 17.6. The van der Waals surface area contributed by atoms with Crippen LogP contribution in [0.4, 0.5) is 0 Å². The van der Waals surface area contributed by atoms with E-state index in [1.54, 1.807) is 0 Å². The molecule has 14 rings (SSSR count). The van der Waals surface area contributed by atoms with Crippen molar-refractivity contribution in [3.05, 3.63) is 231 Å². The Morgan fingerprint density at radius 3 is 1.61 bits per heavy atom. The van der Waals surface area contributed by atoms with Gasteiger partial charge in [0.2, 0.25) is 0 Å². The second-order valence-corrected chi connectivity index (χ2v) is 17.6. The highest BCUT2D eigenvalue weighted by Crippen LogP contribution is 2.41. The molecule has 6 heteroatoms. The number of benzene rings is 10. The largest absolute Gasteiger partial charge is 0.456 e. The van der Waals surface area contributed by atoms with Crippen LogP contribution < -0.4 is 0 Å². The van der Waals surface area contributed by atoms with Crippen molar-refractivity contribution in [1.29, 1.82) is 0 Å². The number of fused-ring (bicyclic) bond motifs is 9. The Kier molecular flexibility index (Phi) is 8.79. The maximum Gasteiger partial charge on any atom is 0.164 e. The standard InChI is InChI=1S/C63H38N4O2/c1-4-13-39(14-5-1)41-23-25-42(26-24-41)61-64-62(46-28-32-50-49-19-10-11-21-56(49)69-59(50)38-46)66-63(65-61)51-20-12-22-58-60(51)53-36-44(30-34-57(53)68-58)45-27-31-48-52-35-43(40-15-6-2-7-16-40)29-33-54(52)67(55(48)37-45)47-17-8-3-9-18-47/h1-38H. The molecule has 322 valence electrons. The quantitative estimate of drug-likeness (QED) is 0.159. The zero-order chi connectivity index (χ0) is 45.4. The van der Waals surface area contributed by atoms with Gasteiger partial charge in [-0.05, 0) is 100 Å². The molecule has 0 aliphatic heterocycles. The monoisotopic (exact) mass is 882 g/mol. The maximum absolute atomic E-state index is 6.61. The Morgan fingerprint density at radius 2 is 0.797 bits per heavy atom. The van der Waals surface area contributed by atoms with Crippen LogP contribution in [0.2, 0.25) is 0 Å². The van der Waals surface area contributed by atoms with Gasteiger partial charge < -0.3 is 13.4 Å². The number of hydrogen-bond acceptors (Lipinski definition) is 5. The lowest BCUT2D eigenvalue weighted by atomic mass is 9.99. The van der Waals surface area contributed by atoms with E-state index < -0.39 is 0 Å². The molecule has 0 saturated heterocycles. The summed E-state index contributed by atoms with van der Waals surface area (Å²) < 4.78 is 15.3. The Bertz CT molecular complexity index is 4290. The second kappa shape index (κ2) is 15.6. The van der Waals surface area contributed by atoms with Crippen LogP contribution in [0.25, 0.3) is 139 Å². The zero-order valence-corrected chi connectivity index (χ0v) is 37.0. The molecule has 0 aliphatic carbocycles. The van der Waals surface area contributed by atoms with Gasteiger partial charge in [-0.15, -0.1) is 0 Å². The molecular formula is C63H38N4O2. The number of hydrogen-bond donors (Lipinski definition) is 0. The average Bonchev–Trinajstić information content (AvgIpc) is 4.10. The van der Waals surface area contributed by atoms with Gasteiger partial charge in [0, 0.05) is 54.7 Å². The summed E-state index contributed by atoms with van der Waals surface area (Å²) in [4.78, 5) is 15.6. The number of rotatable bonds is 7. The summed E-state index contributed by atoms with van der Waals surface area (Å²) in [7, 11) is 0. The summed E-state index contributed by atoms with van der Waals surface area (Å²) in [5, 5.41) is 6.45. The summed E-state index contributed by atoms with van der Waals surface area (Å²) in [6.45, 7) is 0. The van der Waals surface area contributed by atoms with Gasteiger partial charge in [-0.2, -0.15) is 0 Å². The normalized spacial score (nSPS) is 11.8. The molecule has 0 unspecified atom stereocenters. The van der Waals surface area contributed by atoms with Crippen LogP contribution in [-0.2, 0) is 0 Å². The van der Waals surface area contributed by atoms with Gasteiger partial charge in [-0.3, -0.25) is 0 Å². The molecule has 0 fully saturated rings. The third kappa shape index (κ3) is 6.53. The van der Waals surface area contributed by atoms with Crippen molar-refractivity contribution < 1.29 is 8.83 Å². The number of nitrogens with zero attached hydrogens (tertiary/aromatic N) is 4. The van der Waals surface area contributed by atoms with Gasteiger partial charge in [-0.25, -0.2) is 15.0 Å². The van der Waals surface area contributed by atoms with Crippen molar-refractivity contribution in [2.75, 3.05) is 0 Å². The van der Waals surface area contributed by atoms with Crippen molar-refractivity contribution in [2.45, 2.75) is 0 Å². The van der Waals surface area contributed by atoms with Gasteiger partial charge >= 0.3 is 0 Å². The van der Waals surface area contributed by atoms with E-state index >= 15 is 0 Å². The van der Waals surface area contributed by atoms with E-state index in [1.807, 2.05) is 42.5 Å². The molecule has 10 aromatic carbocycles. The molecule has 0 atom stereocenters. The van der Waals surface area contributed by atoms with Crippen LogP contribution in [0, 0.1) is 0 Å². The van der Waals surface area contributed by atoms with Gasteiger partial charge in [0.1, 0.15) is 22.3 Å². The summed E-state index contributed by atoms with van der Waals surface area (Å²) in [6.07, 6.45) is 0. The summed E-state index contributed by atoms with van der Waals surface area (Å²) in [6, 6.07) is 80.6. The highest BCUT2D eigenvalue weighted by atomic mass is 16.3. The van der Waals surface area contributed by atoms with Crippen molar-refractivity contribution in [3.8, 4) is 73.2 Å². The summed E-state index contributed by atoms with van der Waals surface area (Å²) >= 11 is 0. The minimum Gasteiger partial charge on any atom is -0.456 e. The molecular weight excluding hydrogens is 845 g/mol. The van der Waals surface area contributed by atoms with Gasteiger partial charge in [0.05, 0.1) is 11.0 Å². The van der Waals surface area contributed by atoms with Crippen LogP contribution in [0.3, 0.4) is 0 Å². The number of aromatic nitrogens is 4. The van der Waals surface area contributed by atoms with Crippen LogP contribution in [-0.4, -0.2) is 19.5 Å². The summed E-state index contributed by atoms with van der Waals surface area (Å²) in [5.41, 5.74) is 16.0. The molecule has 0 bridgehead atoms. The van der Waals surface area contributed by atoms with E-state index in [-0.39, 0.29) is 0 Å². The van der Waals surface area contributed by atoms with Gasteiger partial charge in [0.25, 0.3) is 0 Å². The van der Waals surface area contributed by atoms with Crippen LogP contribution in [0.5, 0.6) is 0 Å². The molecule has 14 aromatic rings. The number of furan rings is 2. The highest BCUT2D eigenvalue weighted by molar-refractivity contribution is 6.14. The van der Waals surface area contributed by atoms with Crippen LogP contribution in [0.1, 0.15) is 0 Å². The van der Waals surface area contributed by atoms with E-state index in [9.17, 15) is 0 Å². The zero-order valence-electron chi connectivity index (χ0n) is 37.0. The SMILES string of the molecule is c1ccc(-c2ccc(-c3nc(-c4ccc5c(c4)oc4ccccc45)nc(-c4cccc5oc6ccc(-c7ccc8c9cc(-c%10ccccc%10)ccc9n(-c9ccccc9)c8c7)cc6c45)n3)cc2)cc1. The van der Waals surface area contributed by atoms with Gasteiger partial charge in [0.15, 0.2) is 17.5 Å². The molecule has 4 aromatic heterocycles. The minimum atomic E-state index is 0.549. The predicted molar refractivity (Wildman–Crippen MR) is 281 cm³/mol. The topological polar surface area (TPSA) is 69.9 Å². The van der Waals surface area contributed by atoms with Crippen molar-refractivity contribution >= 4 is 65.7 Å². The first-order chi connectivity index (χ1) is 34.2. The Balaban J connectivity index is 0.931. The molecule has 4 heterocycles. The van der Waals surface area contributed by atoms with E-state index in [0.29, 0.717) is 17.5 Å². The third-order valence-corrected chi connectivity index (χ3v) is 13.5. The average molecular weight is 883 g/mol. The Morgan fingerprint density at radius 1 is 0.275 bits per heavy atom. The first-order valence-electron chi connectivity index (χ1n) is 23.2. The molecule has 0 saturated carbocycles. The molecule has 0 radical (unpaired) electrons. The first-order valence-corrected chi connectivity index (χ1v) is 23.2. The highest BCUT2D eigenvalue weighted by Gasteiger charge is 2.21. The predicted octanol–water partition coefficient (Wildman–Crippen LogP) is 16.8. The molecule has 0 N–H and O–H groups in total. The first kappa shape index (κ1) is 38.8. The molecule has 0 amide bonds. The lowest BCUT2D eigenvalue weighted by molar-refractivity contribution is 0.668. The maximum atomic E-state index is 6.61. The molecule has 69 heavy (non-hydrogen) atoms.